The zero-order valence-electron chi connectivity index (χ0n) is 12.1. The van der Waals surface area contributed by atoms with E-state index in [1.165, 1.54) is 6.42 Å². The molecular weight excluding hydrogens is 258 g/mol. The number of carbonyl (C=O) groups is 1. The van der Waals surface area contributed by atoms with Crippen LogP contribution in [-0.4, -0.2) is 46.9 Å². The monoisotopic (exact) mass is 283 g/mol. The van der Waals surface area contributed by atoms with E-state index in [9.17, 15) is 4.79 Å². The van der Waals surface area contributed by atoms with Crippen molar-refractivity contribution >= 4 is 22.8 Å². The van der Waals surface area contributed by atoms with Crippen LogP contribution < -0.4 is 5.32 Å². The molecule has 1 amide bonds. The van der Waals surface area contributed by atoms with Gasteiger partial charge in [0.15, 0.2) is 5.17 Å². The van der Waals surface area contributed by atoms with Crippen molar-refractivity contribution in [3.8, 4) is 0 Å². The van der Waals surface area contributed by atoms with Gasteiger partial charge in [0, 0.05) is 30.8 Å². The Labute approximate surface area is 120 Å². The molecule has 108 valence electrons. The Morgan fingerprint density at radius 3 is 2.79 bits per heavy atom. The van der Waals surface area contributed by atoms with E-state index in [1.807, 2.05) is 4.90 Å². The summed E-state index contributed by atoms with van der Waals surface area (Å²) in [4.78, 5) is 18.5. The van der Waals surface area contributed by atoms with Crippen molar-refractivity contribution < 1.29 is 4.79 Å². The van der Waals surface area contributed by atoms with Crippen LogP contribution in [0, 0.1) is 0 Å². The van der Waals surface area contributed by atoms with Crippen molar-refractivity contribution in [1.29, 1.82) is 0 Å². The van der Waals surface area contributed by atoms with E-state index < -0.39 is 0 Å². The Bertz CT molecular complexity index is 349. The predicted molar refractivity (Wildman–Crippen MR) is 81.6 cm³/mol. The Morgan fingerprint density at radius 1 is 1.37 bits per heavy atom. The first-order chi connectivity index (χ1) is 9.07. The lowest BCUT2D eigenvalue weighted by Crippen LogP contribution is -2.46. The maximum Gasteiger partial charge on any atom is 0.224 e. The van der Waals surface area contributed by atoms with E-state index in [4.69, 9.17) is 0 Å². The third-order valence-corrected chi connectivity index (χ3v) is 4.61. The molecule has 0 aromatic carbocycles. The number of hydrogen-bond acceptors (Lipinski definition) is 3. The lowest BCUT2D eigenvalue weighted by Gasteiger charge is -2.32. The van der Waals surface area contributed by atoms with Gasteiger partial charge < -0.3 is 10.2 Å². The quantitative estimate of drug-likeness (QED) is 0.864. The molecular formula is C14H25N3OS. The summed E-state index contributed by atoms with van der Waals surface area (Å²) in [5.74, 6) is 1.38. The molecule has 2 rings (SSSR count). The number of likely N-dealkylation sites (tertiary alicyclic amines) is 1. The number of rotatable bonds is 3. The highest BCUT2D eigenvalue weighted by molar-refractivity contribution is 8.13. The standard InChI is InChI=1S/C14H25N3OS/c1-14(2)7-11-19-13(16-14)15-8-6-12(18)17-9-4-3-5-10-17/h3-11H2,1-2H3,(H,15,16). The summed E-state index contributed by atoms with van der Waals surface area (Å²) in [5.41, 5.74) is 0.140. The van der Waals surface area contributed by atoms with E-state index in [1.54, 1.807) is 11.8 Å². The van der Waals surface area contributed by atoms with Crippen molar-refractivity contribution in [2.75, 3.05) is 25.4 Å². The summed E-state index contributed by atoms with van der Waals surface area (Å²) >= 11 is 1.77. The van der Waals surface area contributed by atoms with Crippen LogP contribution in [0.4, 0.5) is 0 Å². The third-order valence-electron chi connectivity index (χ3n) is 3.70. The highest BCUT2D eigenvalue weighted by atomic mass is 32.2. The molecule has 0 aromatic rings. The number of carbonyl (C=O) groups excluding carboxylic acids is 1. The minimum atomic E-state index is 0.140. The lowest BCUT2D eigenvalue weighted by atomic mass is 10.0. The molecule has 5 heteroatoms. The second-order valence-electron chi connectivity index (χ2n) is 5.99. The van der Waals surface area contributed by atoms with Crippen LogP contribution >= 0.6 is 11.8 Å². The molecule has 0 aliphatic carbocycles. The molecule has 0 radical (unpaired) electrons. The Balaban J connectivity index is 1.74. The van der Waals surface area contributed by atoms with Crippen molar-refractivity contribution in [1.82, 2.24) is 10.2 Å². The average Bonchev–Trinajstić information content (AvgIpc) is 2.38. The second kappa shape index (κ2) is 6.64. The van der Waals surface area contributed by atoms with Crippen molar-refractivity contribution in [2.24, 2.45) is 4.99 Å². The normalized spacial score (nSPS) is 25.2. The molecule has 0 aromatic heterocycles. The van der Waals surface area contributed by atoms with Gasteiger partial charge in [-0.25, -0.2) is 0 Å². The molecule has 2 fully saturated rings. The molecule has 0 atom stereocenters. The molecule has 4 nitrogen and oxygen atoms in total. The van der Waals surface area contributed by atoms with E-state index in [-0.39, 0.29) is 11.4 Å². The van der Waals surface area contributed by atoms with Gasteiger partial charge in [-0.2, -0.15) is 0 Å². The predicted octanol–water partition coefficient (Wildman–Crippen LogP) is 2.25. The summed E-state index contributed by atoms with van der Waals surface area (Å²) in [6.45, 7) is 6.88. The van der Waals surface area contributed by atoms with Crippen LogP contribution in [0.1, 0.15) is 46.0 Å². The molecule has 2 aliphatic rings. The van der Waals surface area contributed by atoms with E-state index >= 15 is 0 Å². The van der Waals surface area contributed by atoms with Crippen LogP contribution in [0.3, 0.4) is 0 Å². The fourth-order valence-corrected chi connectivity index (χ4v) is 3.77. The van der Waals surface area contributed by atoms with Crippen LogP contribution in [0.25, 0.3) is 0 Å². The lowest BCUT2D eigenvalue weighted by molar-refractivity contribution is -0.131. The Morgan fingerprint density at radius 2 is 2.11 bits per heavy atom. The zero-order chi connectivity index (χ0) is 13.7. The maximum atomic E-state index is 12.0. The van der Waals surface area contributed by atoms with Crippen LogP contribution in [0.15, 0.2) is 4.99 Å². The summed E-state index contributed by atoms with van der Waals surface area (Å²) in [7, 11) is 0. The average molecular weight is 283 g/mol. The van der Waals surface area contributed by atoms with Gasteiger partial charge in [-0.1, -0.05) is 11.8 Å². The molecule has 0 unspecified atom stereocenters. The van der Waals surface area contributed by atoms with Gasteiger partial charge in [0.05, 0.1) is 6.54 Å². The van der Waals surface area contributed by atoms with E-state index in [0.717, 1.165) is 43.3 Å². The SMILES string of the molecule is CC1(C)CCSC(=NCCC(=O)N2CCCCC2)N1. The number of nitrogens with zero attached hydrogens (tertiary/aromatic N) is 2. The number of amidine groups is 1. The van der Waals surface area contributed by atoms with Gasteiger partial charge in [-0.3, -0.25) is 9.79 Å². The molecule has 0 saturated carbocycles. The van der Waals surface area contributed by atoms with Crippen LogP contribution in [0.2, 0.25) is 0 Å². The minimum Gasteiger partial charge on any atom is -0.360 e. The highest BCUT2D eigenvalue weighted by Gasteiger charge is 2.24. The molecule has 2 aliphatic heterocycles. The van der Waals surface area contributed by atoms with Crippen molar-refractivity contribution in [2.45, 2.75) is 51.5 Å². The molecule has 0 spiro atoms. The van der Waals surface area contributed by atoms with Crippen molar-refractivity contribution in [3.63, 3.8) is 0 Å². The first kappa shape index (κ1) is 14.7. The largest absolute Gasteiger partial charge is 0.360 e. The maximum absolute atomic E-state index is 12.0. The zero-order valence-corrected chi connectivity index (χ0v) is 12.9. The second-order valence-corrected chi connectivity index (χ2v) is 7.07. The number of amides is 1. The number of aliphatic imine (C=N–C) groups is 1. The van der Waals surface area contributed by atoms with E-state index in [0.29, 0.717) is 13.0 Å². The van der Waals surface area contributed by atoms with Gasteiger partial charge in [0.25, 0.3) is 0 Å². The fraction of sp³-hybridized carbons (Fsp3) is 0.857. The highest BCUT2D eigenvalue weighted by Crippen LogP contribution is 2.21. The first-order valence-electron chi connectivity index (χ1n) is 7.30. The van der Waals surface area contributed by atoms with Gasteiger partial charge in [-0.15, -0.1) is 0 Å². The number of nitrogens with one attached hydrogen (secondary N) is 1. The van der Waals surface area contributed by atoms with Crippen molar-refractivity contribution in [3.05, 3.63) is 0 Å². The van der Waals surface area contributed by atoms with Crippen LogP contribution in [0.5, 0.6) is 0 Å². The van der Waals surface area contributed by atoms with Gasteiger partial charge >= 0.3 is 0 Å². The topological polar surface area (TPSA) is 44.7 Å². The van der Waals surface area contributed by atoms with Gasteiger partial charge in [-0.05, 0) is 39.5 Å². The fourth-order valence-electron chi connectivity index (χ4n) is 2.43. The summed E-state index contributed by atoms with van der Waals surface area (Å²) < 4.78 is 0. The Kier molecular flexibility index (Phi) is 5.13. The summed E-state index contributed by atoms with van der Waals surface area (Å²) in [5, 5.41) is 4.44. The summed E-state index contributed by atoms with van der Waals surface area (Å²) in [6.07, 6.45) is 5.29. The molecule has 2 heterocycles. The molecule has 2 saturated heterocycles. The number of thioether (sulfide) groups is 1. The smallest absolute Gasteiger partial charge is 0.224 e. The Hall–Kier alpha value is -0.710. The van der Waals surface area contributed by atoms with Gasteiger partial charge in [0.1, 0.15) is 0 Å². The van der Waals surface area contributed by atoms with Crippen LogP contribution in [-0.2, 0) is 4.79 Å². The van der Waals surface area contributed by atoms with Gasteiger partial charge in [0.2, 0.25) is 5.91 Å². The molecule has 1 N–H and O–H groups in total. The molecule has 19 heavy (non-hydrogen) atoms. The van der Waals surface area contributed by atoms with E-state index in [2.05, 4.69) is 24.2 Å². The molecule has 0 bridgehead atoms. The number of piperidine rings is 1. The number of hydrogen-bond donors (Lipinski definition) is 1. The summed E-state index contributed by atoms with van der Waals surface area (Å²) in [6, 6.07) is 0. The minimum absolute atomic E-state index is 0.140. The third kappa shape index (κ3) is 4.71. The first-order valence-corrected chi connectivity index (χ1v) is 8.29.